The molecule has 9 nitrogen and oxygen atoms in total. The van der Waals surface area contributed by atoms with Gasteiger partial charge in [-0.1, -0.05) is 37.3 Å². The van der Waals surface area contributed by atoms with E-state index in [0.29, 0.717) is 25.9 Å². The molecule has 0 atom stereocenters. The van der Waals surface area contributed by atoms with Crippen LogP contribution >= 0.6 is 0 Å². The summed E-state index contributed by atoms with van der Waals surface area (Å²) in [4.78, 5) is 36.0. The smallest absolute Gasteiger partial charge is 0.413 e. The highest BCUT2D eigenvalue weighted by Crippen LogP contribution is 2.03. The SMILES string of the molecule is CCCOC(=O)CN(C)C(=N)NC(=O)OCCCOC(=O)CCc1ccccc1. The third kappa shape index (κ3) is 11.4. The number of hydrogen-bond acceptors (Lipinski definition) is 7. The summed E-state index contributed by atoms with van der Waals surface area (Å²) >= 11 is 0. The third-order valence-corrected chi connectivity index (χ3v) is 3.68. The Kier molecular flexibility index (Phi) is 11.5. The molecule has 0 aliphatic carbocycles. The summed E-state index contributed by atoms with van der Waals surface area (Å²) in [6.45, 7) is 2.21. The zero-order chi connectivity index (χ0) is 21.5. The number of esters is 2. The van der Waals surface area contributed by atoms with E-state index < -0.39 is 12.1 Å². The molecule has 0 radical (unpaired) electrons. The number of aryl methyl sites for hydroxylation is 1. The molecule has 0 spiro atoms. The van der Waals surface area contributed by atoms with Gasteiger partial charge in [-0.15, -0.1) is 0 Å². The summed E-state index contributed by atoms with van der Waals surface area (Å²) in [5, 5.41) is 9.93. The van der Waals surface area contributed by atoms with Crippen molar-refractivity contribution in [3.8, 4) is 0 Å². The molecule has 2 N–H and O–H groups in total. The molecule has 9 heteroatoms. The summed E-state index contributed by atoms with van der Waals surface area (Å²) in [7, 11) is 1.48. The molecule has 0 aliphatic heterocycles. The average Bonchev–Trinajstić information content (AvgIpc) is 2.71. The molecule has 0 aromatic heterocycles. The van der Waals surface area contributed by atoms with Gasteiger partial charge < -0.3 is 19.1 Å². The predicted octanol–water partition coefficient (Wildman–Crippen LogP) is 2.10. The van der Waals surface area contributed by atoms with Crippen molar-refractivity contribution in [2.24, 2.45) is 0 Å². The Morgan fingerprint density at radius 1 is 1.00 bits per heavy atom. The van der Waals surface area contributed by atoms with Crippen molar-refractivity contribution >= 4 is 24.0 Å². The predicted molar refractivity (Wildman–Crippen MR) is 106 cm³/mol. The van der Waals surface area contributed by atoms with Gasteiger partial charge >= 0.3 is 18.0 Å². The first-order valence-electron chi connectivity index (χ1n) is 9.51. The summed E-state index contributed by atoms with van der Waals surface area (Å²) in [6, 6.07) is 9.64. The van der Waals surface area contributed by atoms with Crippen molar-refractivity contribution in [1.29, 1.82) is 5.41 Å². The molecule has 0 aliphatic rings. The summed E-state index contributed by atoms with van der Waals surface area (Å²) in [5.74, 6) is -1.07. The first-order chi connectivity index (χ1) is 13.9. The van der Waals surface area contributed by atoms with Crippen LogP contribution in [0.15, 0.2) is 30.3 Å². The Bertz CT molecular complexity index is 665. The van der Waals surface area contributed by atoms with Gasteiger partial charge in [-0.25, -0.2) is 4.79 Å². The topological polar surface area (TPSA) is 118 Å². The normalized spacial score (nSPS) is 10.0. The molecule has 0 fully saturated rings. The lowest BCUT2D eigenvalue weighted by Gasteiger charge is -2.19. The van der Waals surface area contributed by atoms with E-state index in [1.54, 1.807) is 0 Å². The van der Waals surface area contributed by atoms with Gasteiger partial charge in [-0.2, -0.15) is 0 Å². The fourth-order valence-corrected chi connectivity index (χ4v) is 2.14. The second-order valence-electron chi connectivity index (χ2n) is 6.25. The van der Waals surface area contributed by atoms with Crippen LogP contribution in [0.5, 0.6) is 0 Å². The highest BCUT2D eigenvalue weighted by molar-refractivity contribution is 5.93. The van der Waals surface area contributed by atoms with E-state index in [1.807, 2.05) is 37.3 Å². The second-order valence-corrected chi connectivity index (χ2v) is 6.25. The number of carbonyl (C=O) groups excluding carboxylic acids is 3. The average molecular weight is 407 g/mol. The van der Waals surface area contributed by atoms with Gasteiger partial charge in [-0.05, 0) is 18.4 Å². The first kappa shape index (κ1) is 23.9. The Balaban J connectivity index is 2.10. The standard InChI is InChI=1S/C20H29N3O6/c1-3-12-27-18(25)15-23(2)19(21)22-20(26)29-14-7-13-28-17(24)11-10-16-8-5-4-6-9-16/h4-6,8-9H,3,7,10-15H2,1-2H3,(H2,21,22,26). The molecule has 0 saturated heterocycles. The minimum absolute atomic E-state index is 0.0351. The van der Waals surface area contributed by atoms with Crippen LogP contribution in [0.4, 0.5) is 4.79 Å². The van der Waals surface area contributed by atoms with Gasteiger partial charge in [0.2, 0.25) is 5.96 Å². The molecule has 0 bridgehead atoms. The van der Waals surface area contributed by atoms with E-state index in [0.717, 1.165) is 5.56 Å². The summed E-state index contributed by atoms with van der Waals surface area (Å²) in [6.07, 6.45) is 1.13. The number of hydrogen-bond donors (Lipinski definition) is 2. The van der Waals surface area contributed by atoms with Gasteiger partial charge in [0.1, 0.15) is 6.54 Å². The highest BCUT2D eigenvalue weighted by atomic mass is 16.6. The van der Waals surface area contributed by atoms with E-state index in [2.05, 4.69) is 5.32 Å². The number of amides is 1. The van der Waals surface area contributed by atoms with Crippen molar-refractivity contribution < 1.29 is 28.6 Å². The van der Waals surface area contributed by atoms with Crippen molar-refractivity contribution in [2.45, 2.75) is 32.6 Å². The largest absolute Gasteiger partial charge is 0.466 e. The summed E-state index contributed by atoms with van der Waals surface area (Å²) in [5.41, 5.74) is 1.07. The van der Waals surface area contributed by atoms with Gasteiger partial charge in [0.05, 0.1) is 19.8 Å². The molecular formula is C20H29N3O6. The van der Waals surface area contributed by atoms with Gasteiger partial charge in [0.25, 0.3) is 0 Å². The van der Waals surface area contributed by atoms with Crippen LogP contribution in [0.1, 0.15) is 31.7 Å². The molecule has 0 heterocycles. The van der Waals surface area contributed by atoms with Crippen LogP contribution in [0.3, 0.4) is 0 Å². The molecule has 1 rings (SSSR count). The Morgan fingerprint density at radius 3 is 2.34 bits per heavy atom. The fourth-order valence-electron chi connectivity index (χ4n) is 2.14. The maximum Gasteiger partial charge on any atom is 0.413 e. The lowest BCUT2D eigenvalue weighted by molar-refractivity contribution is -0.144. The number of alkyl carbamates (subject to hydrolysis) is 1. The van der Waals surface area contributed by atoms with Gasteiger partial charge in [0.15, 0.2) is 0 Å². The molecule has 0 unspecified atom stereocenters. The van der Waals surface area contributed by atoms with Crippen molar-refractivity contribution in [1.82, 2.24) is 10.2 Å². The molecule has 0 saturated carbocycles. The minimum Gasteiger partial charge on any atom is -0.466 e. The number of rotatable bonds is 11. The van der Waals surface area contributed by atoms with E-state index in [9.17, 15) is 14.4 Å². The number of nitrogens with zero attached hydrogens (tertiary/aromatic N) is 1. The monoisotopic (exact) mass is 407 g/mol. The molecule has 1 amide bonds. The minimum atomic E-state index is -0.820. The number of nitrogens with one attached hydrogen (secondary N) is 2. The third-order valence-electron chi connectivity index (χ3n) is 3.68. The maximum atomic E-state index is 11.7. The molecule has 1 aromatic rings. The zero-order valence-electron chi connectivity index (χ0n) is 16.9. The van der Waals surface area contributed by atoms with Crippen LogP contribution in [0, 0.1) is 5.41 Å². The first-order valence-corrected chi connectivity index (χ1v) is 9.51. The zero-order valence-corrected chi connectivity index (χ0v) is 16.9. The quantitative estimate of drug-likeness (QED) is 0.190. The lowest BCUT2D eigenvalue weighted by atomic mass is 10.1. The molecule has 160 valence electrons. The number of carbonyl (C=O) groups is 3. The van der Waals surface area contributed by atoms with Crippen molar-refractivity contribution in [3.63, 3.8) is 0 Å². The highest BCUT2D eigenvalue weighted by Gasteiger charge is 2.14. The molecular weight excluding hydrogens is 378 g/mol. The van der Waals surface area contributed by atoms with Gasteiger partial charge in [-0.3, -0.25) is 20.3 Å². The number of benzene rings is 1. The van der Waals surface area contributed by atoms with Crippen molar-refractivity contribution in [3.05, 3.63) is 35.9 Å². The van der Waals surface area contributed by atoms with Crippen LogP contribution in [0.2, 0.25) is 0 Å². The Morgan fingerprint density at radius 2 is 1.66 bits per heavy atom. The van der Waals surface area contributed by atoms with Crippen LogP contribution < -0.4 is 5.32 Å². The van der Waals surface area contributed by atoms with E-state index >= 15 is 0 Å². The molecule has 1 aromatic carbocycles. The Hall–Kier alpha value is -3.10. The van der Waals surface area contributed by atoms with Crippen LogP contribution in [0.25, 0.3) is 0 Å². The number of guanidine groups is 1. The Labute approximate surface area is 170 Å². The van der Waals surface area contributed by atoms with E-state index in [-0.39, 0.29) is 38.1 Å². The number of ether oxygens (including phenoxy) is 3. The van der Waals surface area contributed by atoms with E-state index in [1.165, 1.54) is 11.9 Å². The molecule has 29 heavy (non-hydrogen) atoms. The van der Waals surface area contributed by atoms with Crippen molar-refractivity contribution in [2.75, 3.05) is 33.4 Å². The second kappa shape index (κ2) is 14.0. The lowest BCUT2D eigenvalue weighted by Crippen LogP contribution is -2.44. The summed E-state index contributed by atoms with van der Waals surface area (Å²) < 4.78 is 14.9. The van der Waals surface area contributed by atoms with Crippen LogP contribution in [-0.2, 0) is 30.2 Å². The van der Waals surface area contributed by atoms with Gasteiger partial charge in [0, 0.05) is 19.9 Å². The van der Waals surface area contributed by atoms with Crippen LogP contribution in [-0.4, -0.2) is 62.3 Å². The maximum absolute atomic E-state index is 11.7. The fraction of sp³-hybridized carbons (Fsp3) is 0.500. The van der Waals surface area contributed by atoms with E-state index in [4.69, 9.17) is 19.6 Å². The number of likely N-dealkylation sites (N-methyl/N-ethyl adjacent to an activating group) is 1.